The summed E-state index contributed by atoms with van der Waals surface area (Å²) < 4.78 is 13.1. The maximum Gasteiger partial charge on any atom is 0.238 e. The second kappa shape index (κ2) is 6.45. The Labute approximate surface area is 128 Å². The first-order valence-electron chi connectivity index (χ1n) is 6.40. The summed E-state index contributed by atoms with van der Waals surface area (Å²) in [6.45, 7) is 1.72. The molecule has 3 N–H and O–H groups in total. The molecule has 3 nitrogen and oxygen atoms in total. The summed E-state index contributed by atoms with van der Waals surface area (Å²) in [4.78, 5) is 12.5. The molecule has 0 aliphatic heterocycles. The molecular formula is C16H15FN2OS. The Balaban J connectivity index is 2.26. The number of thiocarbonyl (C=S) groups is 1. The molecule has 0 radical (unpaired) electrons. The molecular weight excluding hydrogens is 287 g/mol. The second-order valence-electron chi connectivity index (χ2n) is 4.69. The predicted octanol–water partition coefficient (Wildman–Crippen LogP) is 3.14. The van der Waals surface area contributed by atoms with Crippen molar-refractivity contribution < 1.29 is 9.18 Å². The van der Waals surface area contributed by atoms with Gasteiger partial charge in [-0.05, 0) is 36.2 Å². The van der Waals surface area contributed by atoms with Gasteiger partial charge in [0.05, 0.1) is 4.99 Å². The number of halogens is 1. The summed E-state index contributed by atoms with van der Waals surface area (Å²) in [7, 11) is 0. The summed E-state index contributed by atoms with van der Waals surface area (Å²) in [6, 6.07) is 13.2. The van der Waals surface area contributed by atoms with Gasteiger partial charge in [-0.1, -0.05) is 42.5 Å². The van der Waals surface area contributed by atoms with Gasteiger partial charge in [0.25, 0.3) is 0 Å². The van der Waals surface area contributed by atoms with Crippen molar-refractivity contribution in [3.8, 4) is 0 Å². The van der Waals surface area contributed by atoms with Crippen LogP contribution in [0.2, 0.25) is 0 Å². The van der Waals surface area contributed by atoms with E-state index in [0.29, 0.717) is 11.3 Å². The number of amides is 1. The van der Waals surface area contributed by atoms with E-state index in [1.807, 2.05) is 18.2 Å². The Kier molecular flexibility index (Phi) is 4.65. The first-order valence-corrected chi connectivity index (χ1v) is 6.81. The molecule has 0 heterocycles. The van der Waals surface area contributed by atoms with Crippen LogP contribution in [0, 0.1) is 12.7 Å². The van der Waals surface area contributed by atoms with Crippen molar-refractivity contribution in [2.75, 3.05) is 5.32 Å². The van der Waals surface area contributed by atoms with E-state index in [2.05, 4.69) is 5.32 Å². The van der Waals surface area contributed by atoms with Crippen molar-refractivity contribution in [2.45, 2.75) is 12.8 Å². The Morgan fingerprint density at radius 3 is 2.48 bits per heavy atom. The lowest BCUT2D eigenvalue weighted by Gasteiger charge is -2.17. The van der Waals surface area contributed by atoms with Gasteiger partial charge >= 0.3 is 0 Å². The molecule has 0 saturated carbocycles. The molecule has 0 aromatic heterocycles. The number of anilines is 1. The molecule has 0 bridgehead atoms. The van der Waals surface area contributed by atoms with Gasteiger partial charge in [-0.25, -0.2) is 4.39 Å². The Hall–Kier alpha value is -2.27. The second-order valence-corrected chi connectivity index (χ2v) is 5.17. The van der Waals surface area contributed by atoms with E-state index in [0.717, 1.165) is 5.56 Å². The largest absolute Gasteiger partial charge is 0.392 e. The molecule has 0 spiro atoms. The number of carbonyl (C=O) groups is 1. The number of hydrogen-bond donors (Lipinski definition) is 2. The van der Waals surface area contributed by atoms with Crippen molar-refractivity contribution in [2.24, 2.45) is 5.73 Å². The zero-order valence-corrected chi connectivity index (χ0v) is 12.3. The van der Waals surface area contributed by atoms with E-state index in [-0.39, 0.29) is 16.7 Å². The van der Waals surface area contributed by atoms with Crippen LogP contribution < -0.4 is 11.1 Å². The van der Waals surface area contributed by atoms with Gasteiger partial charge in [0.1, 0.15) is 11.7 Å². The molecule has 5 heteroatoms. The SMILES string of the molecule is Cc1cc(F)ccc1NC(=O)C(C(N)=S)c1ccccc1. The van der Waals surface area contributed by atoms with Gasteiger partial charge in [-0.2, -0.15) is 0 Å². The topological polar surface area (TPSA) is 55.1 Å². The molecule has 0 aliphatic rings. The summed E-state index contributed by atoms with van der Waals surface area (Å²) >= 11 is 5.00. The lowest BCUT2D eigenvalue weighted by molar-refractivity contribution is -0.116. The van der Waals surface area contributed by atoms with Crippen LogP contribution in [0.15, 0.2) is 48.5 Å². The molecule has 1 unspecified atom stereocenters. The molecule has 0 aliphatic carbocycles. The third-order valence-electron chi connectivity index (χ3n) is 3.13. The number of hydrogen-bond acceptors (Lipinski definition) is 2. The minimum absolute atomic E-state index is 0.0958. The average molecular weight is 302 g/mol. The number of nitrogens with two attached hydrogens (primary N) is 1. The highest BCUT2D eigenvalue weighted by Gasteiger charge is 2.23. The Morgan fingerprint density at radius 1 is 1.24 bits per heavy atom. The van der Waals surface area contributed by atoms with E-state index in [9.17, 15) is 9.18 Å². The van der Waals surface area contributed by atoms with Gasteiger partial charge in [0, 0.05) is 5.69 Å². The number of carbonyl (C=O) groups excluding carboxylic acids is 1. The lowest BCUT2D eigenvalue weighted by Crippen LogP contribution is -2.31. The smallest absolute Gasteiger partial charge is 0.238 e. The van der Waals surface area contributed by atoms with Crippen LogP contribution in [0.5, 0.6) is 0 Å². The maximum absolute atomic E-state index is 13.1. The predicted molar refractivity (Wildman–Crippen MR) is 85.7 cm³/mol. The zero-order valence-electron chi connectivity index (χ0n) is 11.5. The quantitative estimate of drug-likeness (QED) is 0.853. The molecule has 2 aromatic carbocycles. The molecule has 2 rings (SSSR count). The first kappa shape index (κ1) is 15.1. The van der Waals surface area contributed by atoms with Crippen molar-refractivity contribution >= 4 is 28.8 Å². The van der Waals surface area contributed by atoms with Crippen LogP contribution in [0.25, 0.3) is 0 Å². The van der Waals surface area contributed by atoms with Crippen molar-refractivity contribution in [3.63, 3.8) is 0 Å². The Morgan fingerprint density at radius 2 is 1.90 bits per heavy atom. The van der Waals surface area contributed by atoms with Gasteiger partial charge in [-0.3, -0.25) is 4.79 Å². The van der Waals surface area contributed by atoms with Gasteiger partial charge in [0.2, 0.25) is 5.91 Å². The van der Waals surface area contributed by atoms with Crippen molar-refractivity contribution in [1.29, 1.82) is 0 Å². The van der Waals surface area contributed by atoms with Crippen LogP contribution in [0.1, 0.15) is 17.0 Å². The number of benzene rings is 2. The highest BCUT2D eigenvalue weighted by molar-refractivity contribution is 7.80. The van der Waals surface area contributed by atoms with E-state index in [4.69, 9.17) is 18.0 Å². The van der Waals surface area contributed by atoms with Crippen LogP contribution in [-0.4, -0.2) is 10.9 Å². The molecule has 0 fully saturated rings. The van der Waals surface area contributed by atoms with Crippen molar-refractivity contribution in [3.05, 3.63) is 65.5 Å². The number of rotatable bonds is 4. The molecule has 21 heavy (non-hydrogen) atoms. The third-order valence-corrected chi connectivity index (χ3v) is 3.36. The fourth-order valence-corrected chi connectivity index (χ4v) is 2.31. The summed E-state index contributed by atoms with van der Waals surface area (Å²) in [5.74, 6) is -1.39. The summed E-state index contributed by atoms with van der Waals surface area (Å²) in [5, 5.41) is 2.74. The van der Waals surface area contributed by atoms with Gasteiger partial charge in [-0.15, -0.1) is 0 Å². The fourth-order valence-electron chi connectivity index (χ4n) is 2.06. The minimum atomic E-state index is -0.717. The average Bonchev–Trinajstić information content (AvgIpc) is 2.43. The first-order chi connectivity index (χ1) is 9.99. The van der Waals surface area contributed by atoms with Crippen LogP contribution in [0.4, 0.5) is 10.1 Å². The maximum atomic E-state index is 13.1. The van der Waals surface area contributed by atoms with E-state index in [1.165, 1.54) is 18.2 Å². The minimum Gasteiger partial charge on any atom is -0.392 e. The van der Waals surface area contributed by atoms with Crippen LogP contribution >= 0.6 is 12.2 Å². The standard InChI is InChI=1S/C16H15FN2OS/c1-10-9-12(17)7-8-13(10)19-16(20)14(15(18)21)11-5-3-2-4-6-11/h2-9,14H,1H3,(H2,18,21)(H,19,20). The van der Waals surface area contributed by atoms with Crippen LogP contribution in [-0.2, 0) is 4.79 Å². The highest BCUT2D eigenvalue weighted by atomic mass is 32.1. The number of nitrogens with one attached hydrogen (secondary N) is 1. The molecule has 1 amide bonds. The highest BCUT2D eigenvalue weighted by Crippen LogP contribution is 2.21. The van der Waals surface area contributed by atoms with Gasteiger partial charge < -0.3 is 11.1 Å². The van der Waals surface area contributed by atoms with E-state index in [1.54, 1.807) is 19.1 Å². The Bertz CT molecular complexity index is 673. The summed E-state index contributed by atoms with van der Waals surface area (Å²) in [5.41, 5.74) is 7.60. The summed E-state index contributed by atoms with van der Waals surface area (Å²) in [6.07, 6.45) is 0. The van der Waals surface area contributed by atoms with E-state index < -0.39 is 5.92 Å². The molecule has 1 atom stereocenters. The van der Waals surface area contributed by atoms with Crippen LogP contribution in [0.3, 0.4) is 0 Å². The van der Waals surface area contributed by atoms with E-state index >= 15 is 0 Å². The number of aryl methyl sites for hydroxylation is 1. The zero-order chi connectivity index (χ0) is 15.4. The molecule has 108 valence electrons. The third kappa shape index (κ3) is 3.64. The molecule has 0 saturated heterocycles. The van der Waals surface area contributed by atoms with Crippen molar-refractivity contribution in [1.82, 2.24) is 0 Å². The lowest BCUT2D eigenvalue weighted by atomic mass is 9.98. The molecule has 2 aromatic rings. The monoisotopic (exact) mass is 302 g/mol. The fraction of sp³-hybridized carbons (Fsp3) is 0.125. The normalized spacial score (nSPS) is 11.7. The van der Waals surface area contributed by atoms with Gasteiger partial charge in [0.15, 0.2) is 0 Å².